The van der Waals surface area contributed by atoms with Crippen molar-refractivity contribution in [1.82, 2.24) is 10.2 Å². The van der Waals surface area contributed by atoms with Gasteiger partial charge in [0, 0.05) is 31.1 Å². The number of ether oxygens (including phenoxy) is 1. The van der Waals surface area contributed by atoms with Crippen molar-refractivity contribution in [1.29, 1.82) is 0 Å². The summed E-state index contributed by atoms with van der Waals surface area (Å²) in [6.45, 7) is -1.73. The third-order valence-electron chi connectivity index (χ3n) is 4.53. The molecule has 0 aliphatic carbocycles. The summed E-state index contributed by atoms with van der Waals surface area (Å²) in [6, 6.07) is 10.0. The van der Waals surface area contributed by atoms with Gasteiger partial charge in [0.05, 0.1) is 4.88 Å². The Hall–Kier alpha value is -2.48. The van der Waals surface area contributed by atoms with Crippen LogP contribution in [0.1, 0.15) is 28.1 Å². The number of piperidine rings is 1. The number of halogens is 2. The Morgan fingerprint density at radius 1 is 1.19 bits per heavy atom. The number of benzene rings is 1. The maximum absolute atomic E-state index is 12.5. The highest BCUT2D eigenvalue weighted by atomic mass is 32.1. The highest BCUT2D eigenvalue weighted by molar-refractivity contribution is 7.12. The van der Waals surface area contributed by atoms with E-state index in [2.05, 4.69) is 10.1 Å². The molecule has 2 aromatic rings. The van der Waals surface area contributed by atoms with Crippen molar-refractivity contribution in [3.8, 4) is 5.75 Å². The smallest absolute Gasteiger partial charge is 0.387 e. The Bertz CT molecular complexity index is 775. The quantitative estimate of drug-likeness (QED) is 0.816. The molecule has 1 N–H and O–H groups in total. The largest absolute Gasteiger partial charge is 0.434 e. The minimum absolute atomic E-state index is 0.00179. The van der Waals surface area contributed by atoms with Crippen LogP contribution in [-0.2, 0) is 11.3 Å². The molecule has 0 atom stereocenters. The average molecular weight is 394 g/mol. The van der Waals surface area contributed by atoms with Crippen molar-refractivity contribution >= 4 is 23.2 Å². The molecule has 1 saturated heterocycles. The molecule has 144 valence electrons. The van der Waals surface area contributed by atoms with Crippen molar-refractivity contribution in [3.05, 3.63) is 52.2 Å². The minimum Gasteiger partial charge on any atom is -0.434 e. The van der Waals surface area contributed by atoms with E-state index in [1.54, 1.807) is 29.2 Å². The Kier molecular flexibility index (Phi) is 6.39. The third kappa shape index (κ3) is 5.03. The summed E-state index contributed by atoms with van der Waals surface area (Å²) in [7, 11) is 0. The van der Waals surface area contributed by atoms with Gasteiger partial charge in [-0.2, -0.15) is 8.78 Å². The number of rotatable bonds is 6. The number of nitrogens with one attached hydrogen (secondary N) is 1. The molecule has 0 radical (unpaired) electrons. The maximum Gasteiger partial charge on any atom is 0.387 e. The fraction of sp³-hybridized carbons (Fsp3) is 0.368. The first-order valence-electron chi connectivity index (χ1n) is 8.68. The number of carbonyl (C=O) groups is 2. The lowest BCUT2D eigenvalue weighted by molar-refractivity contribution is -0.126. The molecule has 8 heteroatoms. The van der Waals surface area contributed by atoms with Gasteiger partial charge in [-0.3, -0.25) is 9.59 Å². The second-order valence-electron chi connectivity index (χ2n) is 6.25. The predicted octanol–water partition coefficient (Wildman–Crippen LogP) is 3.52. The lowest BCUT2D eigenvalue weighted by Crippen LogP contribution is -2.42. The Morgan fingerprint density at radius 3 is 2.59 bits per heavy atom. The topological polar surface area (TPSA) is 58.6 Å². The van der Waals surface area contributed by atoms with E-state index in [0.717, 1.165) is 0 Å². The molecule has 1 fully saturated rings. The summed E-state index contributed by atoms with van der Waals surface area (Å²) < 4.78 is 29.4. The van der Waals surface area contributed by atoms with Gasteiger partial charge in [-0.1, -0.05) is 24.3 Å². The summed E-state index contributed by atoms with van der Waals surface area (Å²) in [4.78, 5) is 27.2. The van der Waals surface area contributed by atoms with Gasteiger partial charge in [-0.15, -0.1) is 11.3 Å². The van der Waals surface area contributed by atoms with Gasteiger partial charge in [0.25, 0.3) is 5.91 Å². The first-order valence-corrected chi connectivity index (χ1v) is 9.56. The van der Waals surface area contributed by atoms with Gasteiger partial charge >= 0.3 is 6.61 Å². The molecule has 0 unspecified atom stereocenters. The van der Waals surface area contributed by atoms with Crippen LogP contribution in [-0.4, -0.2) is 36.4 Å². The van der Waals surface area contributed by atoms with Crippen LogP contribution in [0, 0.1) is 5.92 Å². The molecule has 1 aliphatic heterocycles. The van der Waals surface area contributed by atoms with Crippen LogP contribution >= 0.6 is 11.3 Å². The Morgan fingerprint density at radius 2 is 1.93 bits per heavy atom. The van der Waals surface area contributed by atoms with Gasteiger partial charge in [0.2, 0.25) is 5.91 Å². The lowest BCUT2D eigenvalue weighted by Gasteiger charge is -2.31. The van der Waals surface area contributed by atoms with Gasteiger partial charge in [-0.25, -0.2) is 0 Å². The van der Waals surface area contributed by atoms with E-state index in [-0.39, 0.29) is 30.0 Å². The van der Waals surface area contributed by atoms with Crippen molar-refractivity contribution in [2.45, 2.75) is 26.0 Å². The van der Waals surface area contributed by atoms with Gasteiger partial charge < -0.3 is 15.0 Å². The molecule has 1 aromatic heterocycles. The number of alkyl halides is 2. The van der Waals surface area contributed by atoms with Crippen LogP contribution in [0.3, 0.4) is 0 Å². The molecule has 0 spiro atoms. The van der Waals surface area contributed by atoms with Gasteiger partial charge in [0.1, 0.15) is 5.75 Å². The van der Waals surface area contributed by atoms with E-state index < -0.39 is 6.61 Å². The zero-order valence-corrected chi connectivity index (χ0v) is 15.4. The van der Waals surface area contributed by atoms with Gasteiger partial charge in [0.15, 0.2) is 0 Å². The minimum atomic E-state index is -2.91. The first kappa shape index (κ1) is 19.3. The molecule has 27 heavy (non-hydrogen) atoms. The summed E-state index contributed by atoms with van der Waals surface area (Å²) in [5.41, 5.74) is 0.497. The van der Waals surface area contributed by atoms with Crippen molar-refractivity contribution in [3.63, 3.8) is 0 Å². The summed E-state index contributed by atoms with van der Waals surface area (Å²) in [5.74, 6) is -0.267. The summed E-state index contributed by atoms with van der Waals surface area (Å²) in [6.07, 6.45) is 1.16. The zero-order chi connectivity index (χ0) is 19.2. The monoisotopic (exact) mass is 394 g/mol. The fourth-order valence-corrected chi connectivity index (χ4v) is 3.78. The summed E-state index contributed by atoms with van der Waals surface area (Å²) in [5, 5.41) is 4.65. The van der Waals surface area contributed by atoms with E-state index in [9.17, 15) is 18.4 Å². The predicted molar refractivity (Wildman–Crippen MR) is 97.9 cm³/mol. The third-order valence-corrected chi connectivity index (χ3v) is 5.38. The fourth-order valence-electron chi connectivity index (χ4n) is 3.09. The molecule has 1 aromatic carbocycles. The number of thiophene rings is 1. The second kappa shape index (κ2) is 8.94. The highest BCUT2D eigenvalue weighted by Crippen LogP contribution is 2.23. The lowest BCUT2D eigenvalue weighted by atomic mass is 9.95. The molecule has 2 heterocycles. The molecule has 0 saturated carbocycles. The SMILES string of the molecule is O=C(NCc1ccccc1OC(F)F)C1CCN(C(=O)c2cccs2)CC1. The molecule has 0 bridgehead atoms. The first-order chi connectivity index (χ1) is 13.0. The van der Waals surface area contributed by atoms with Gasteiger partial charge in [-0.05, 0) is 30.4 Å². The van der Waals surface area contributed by atoms with Crippen LogP contribution in [0.2, 0.25) is 0 Å². The Balaban J connectivity index is 1.50. The average Bonchev–Trinajstić information content (AvgIpc) is 3.21. The van der Waals surface area contributed by atoms with Crippen molar-refractivity contribution in [2.75, 3.05) is 13.1 Å². The Labute approximate surface area is 159 Å². The number of hydrogen-bond donors (Lipinski definition) is 1. The van der Waals surface area contributed by atoms with Crippen molar-refractivity contribution in [2.24, 2.45) is 5.92 Å². The van der Waals surface area contributed by atoms with Crippen LogP contribution in [0.15, 0.2) is 41.8 Å². The molecule has 1 aliphatic rings. The standard InChI is InChI=1S/C19H20F2N2O3S/c20-19(21)26-15-5-2-1-4-14(15)12-22-17(24)13-7-9-23(10-8-13)18(25)16-6-3-11-27-16/h1-6,11,13,19H,7-10,12H2,(H,22,24). The normalized spacial score (nSPS) is 15.0. The molecular formula is C19H20F2N2O3S. The highest BCUT2D eigenvalue weighted by Gasteiger charge is 2.28. The number of nitrogens with zero attached hydrogens (tertiary/aromatic N) is 1. The van der Waals surface area contributed by atoms with Crippen molar-refractivity contribution < 1.29 is 23.1 Å². The van der Waals surface area contributed by atoms with Crippen LogP contribution in [0.25, 0.3) is 0 Å². The number of likely N-dealkylation sites (tertiary alicyclic amines) is 1. The van der Waals surface area contributed by atoms with E-state index in [4.69, 9.17) is 0 Å². The molecular weight excluding hydrogens is 374 g/mol. The van der Waals surface area contributed by atoms with Crippen LogP contribution in [0.4, 0.5) is 8.78 Å². The van der Waals surface area contributed by atoms with E-state index >= 15 is 0 Å². The van der Waals surface area contributed by atoms with Crippen LogP contribution < -0.4 is 10.1 Å². The molecule has 3 rings (SSSR count). The molecule has 5 nitrogen and oxygen atoms in total. The number of hydrogen-bond acceptors (Lipinski definition) is 4. The zero-order valence-electron chi connectivity index (χ0n) is 14.6. The van der Waals surface area contributed by atoms with E-state index in [0.29, 0.717) is 36.4 Å². The van der Waals surface area contributed by atoms with E-state index in [1.165, 1.54) is 17.4 Å². The number of amides is 2. The molecule has 2 amide bonds. The van der Waals surface area contributed by atoms with Crippen LogP contribution in [0.5, 0.6) is 5.75 Å². The maximum atomic E-state index is 12.5. The summed E-state index contributed by atoms with van der Waals surface area (Å²) >= 11 is 1.41. The van der Waals surface area contributed by atoms with E-state index in [1.807, 2.05) is 11.4 Å². The number of carbonyl (C=O) groups excluding carboxylic acids is 2. The second-order valence-corrected chi connectivity index (χ2v) is 7.20. The number of para-hydroxylation sites is 1.